The Morgan fingerprint density at radius 2 is 1.90 bits per heavy atom. The van der Waals surface area contributed by atoms with Crippen LogP contribution in [-0.2, 0) is 11.2 Å². The molecule has 0 saturated carbocycles. The highest BCUT2D eigenvalue weighted by atomic mass is 79.9. The molecule has 21 heavy (non-hydrogen) atoms. The normalized spacial score (nSPS) is 21.0. The van der Waals surface area contributed by atoms with E-state index in [4.69, 9.17) is 4.74 Å². The largest absolute Gasteiger partial charge is 0.379 e. The third-order valence-electron chi connectivity index (χ3n) is 4.90. The van der Waals surface area contributed by atoms with Gasteiger partial charge in [0.1, 0.15) is 0 Å². The molecule has 1 aliphatic rings. The smallest absolute Gasteiger partial charge is 0.0594 e. The Morgan fingerprint density at radius 3 is 2.43 bits per heavy atom. The number of nitrogens with zero attached hydrogens (tertiary/aromatic N) is 1. The first-order chi connectivity index (χ1) is 10.1. The number of ether oxygens (including phenoxy) is 1. The van der Waals surface area contributed by atoms with Crippen LogP contribution in [0.2, 0.25) is 0 Å². The summed E-state index contributed by atoms with van der Waals surface area (Å²) in [5.41, 5.74) is 1.54. The molecule has 1 aromatic carbocycles. The molecule has 2 rings (SSSR count). The van der Waals surface area contributed by atoms with Gasteiger partial charge in [-0.15, -0.1) is 0 Å². The Kier molecular flexibility index (Phi) is 6.23. The van der Waals surface area contributed by atoms with Gasteiger partial charge in [0.25, 0.3) is 0 Å². The second kappa shape index (κ2) is 7.73. The molecule has 1 fully saturated rings. The number of likely N-dealkylation sites (N-methyl/N-ethyl adjacent to an activating group) is 1. The lowest BCUT2D eigenvalue weighted by Gasteiger charge is -2.48. The molecule has 0 radical (unpaired) electrons. The monoisotopic (exact) mass is 354 g/mol. The highest BCUT2D eigenvalue weighted by molar-refractivity contribution is 9.10. The summed E-state index contributed by atoms with van der Waals surface area (Å²) in [6.07, 6.45) is 2.18. The molecule has 1 aromatic rings. The standard InChI is InChI=1S/C17H27BrN2O/c1-4-17(2,20-9-11-21-12-10-20)16(19-3)13-14-5-7-15(18)8-6-14/h5-8,16,19H,4,9-13H2,1-3H3. The van der Waals surface area contributed by atoms with E-state index in [9.17, 15) is 0 Å². The third kappa shape index (κ3) is 4.07. The van der Waals surface area contributed by atoms with E-state index >= 15 is 0 Å². The predicted octanol–water partition coefficient (Wildman–Crippen LogP) is 3.08. The van der Waals surface area contributed by atoms with E-state index in [1.165, 1.54) is 5.56 Å². The van der Waals surface area contributed by atoms with Gasteiger partial charge in [-0.3, -0.25) is 4.90 Å². The van der Waals surface area contributed by atoms with Crippen molar-refractivity contribution < 1.29 is 4.74 Å². The van der Waals surface area contributed by atoms with Gasteiger partial charge in [-0.25, -0.2) is 0 Å². The highest BCUT2D eigenvalue weighted by Gasteiger charge is 2.38. The lowest BCUT2D eigenvalue weighted by molar-refractivity contribution is -0.0313. The third-order valence-corrected chi connectivity index (χ3v) is 5.43. The number of morpholine rings is 1. The fourth-order valence-electron chi connectivity index (χ4n) is 3.25. The Bertz CT molecular complexity index is 431. The van der Waals surface area contributed by atoms with Crippen LogP contribution in [0.25, 0.3) is 0 Å². The van der Waals surface area contributed by atoms with E-state index in [0.717, 1.165) is 43.6 Å². The van der Waals surface area contributed by atoms with Gasteiger partial charge in [0.05, 0.1) is 13.2 Å². The van der Waals surface area contributed by atoms with Gasteiger partial charge in [0.2, 0.25) is 0 Å². The van der Waals surface area contributed by atoms with Crippen molar-refractivity contribution in [3.8, 4) is 0 Å². The van der Waals surface area contributed by atoms with Crippen molar-refractivity contribution in [3.05, 3.63) is 34.3 Å². The molecule has 2 unspecified atom stereocenters. The van der Waals surface area contributed by atoms with Crippen LogP contribution in [-0.4, -0.2) is 49.8 Å². The van der Waals surface area contributed by atoms with E-state index in [1.54, 1.807) is 0 Å². The average molecular weight is 355 g/mol. The van der Waals surface area contributed by atoms with Gasteiger partial charge in [-0.2, -0.15) is 0 Å². The minimum absolute atomic E-state index is 0.158. The van der Waals surface area contributed by atoms with E-state index in [0.29, 0.717) is 6.04 Å². The topological polar surface area (TPSA) is 24.5 Å². The maximum atomic E-state index is 5.52. The van der Waals surface area contributed by atoms with E-state index in [-0.39, 0.29) is 5.54 Å². The molecule has 0 bridgehead atoms. The minimum Gasteiger partial charge on any atom is -0.379 e. The number of rotatable bonds is 6. The molecule has 1 heterocycles. The van der Waals surface area contributed by atoms with Crippen molar-refractivity contribution in [3.63, 3.8) is 0 Å². The molecule has 2 atom stereocenters. The minimum atomic E-state index is 0.158. The number of halogens is 1. The summed E-state index contributed by atoms with van der Waals surface area (Å²) in [4.78, 5) is 2.59. The van der Waals surface area contributed by atoms with E-state index < -0.39 is 0 Å². The highest BCUT2D eigenvalue weighted by Crippen LogP contribution is 2.27. The number of benzene rings is 1. The molecule has 3 nitrogen and oxygen atoms in total. The van der Waals surface area contributed by atoms with Gasteiger partial charge in [-0.1, -0.05) is 35.0 Å². The molecule has 4 heteroatoms. The van der Waals surface area contributed by atoms with Crippen molar-refractivity contribution in [2.45, 2.75) is 38.3 Å². The van der Waals surface area contributed by atoms with Crippen LogP contribution in [0.3, 0.4) is 0 Å². The Labute approximate surface area is 137 Å². The Hall–Kier alpha value is -0.420. The maximum Gasteiger partial charge on any atom is 0.0594 e. The van der Waals surface area contributed by atoms with Gasteiger partial charge in [0, 0.05) is 29.1 Å². The first kappa shape index (κ1) is 16.9. The summed E-state index contributed by atoms with van der Waals surface area (Å²) >= 11 is 3.51. The number of hydrogen-bond acceptors (Lipinski definition) is 3. The van der Waals surface area contributed by atoms with Crippen molar-refractivity contribution in [2.24, 2.45) is 0 Å². The van der Waals surface area contributed by atoms with Crippen molar-refractivity contribution in [1.29, 1.82) is 0 Å². The van der Waals surface area contributed by atoms with Crippen molar-refractivity contribution in [2.75, 3.05) is 33.4 Å². The fraction of sp³-hybridized carbons (Fsp3) is 0.647. The molecule has 0 amide bonds. The van der Waals surface area contributed by atoms with Gasteiger partial charge < -0.3 is 10.1 Å². The van der Waals surface area contributed by atoms with Crippen LogP contribution < -0.4 is 5.32 Å². The molecule has 1 N–H and O–H groups in total. The zero-order chi connectivity index (χ0) is 15.3. The molecule has 1 aliphatic heterocycles. The van der Waals surface area contributed by atoms with Gasteiger partial charge in [0.15, 0.2) is 0 Å². The van der Waals surface area contributed by atoms with E-state index in [1.807, 2.05) is 0 Å². The van der Waals surface area contributed by atoms with Crippen LogP contribution in [0.5, 0.6) is 0 Å². The summed E-state index contributed by atoms with van der Waals surface area (Å²) in [5, 5.41) is 3.56. The zero-order valence-electron chi connectivity index (χ0n) is 13.4. The summed E-state index contributed by atoms with van der Waals surface area (Å²) < 4.78 is 6.65. The van der Waals surface area contributed by atoms with Crippen LogP contribution in [0.4, 0.5) is 0 Å². The zero-order valence-corrected chi connectivity index (χ0v) is 14.9. The average Bonchev–Trinajstić information content (AvgIpc) is 2.54. The Morgan fingerprint density at radius 1 is 1.29 bits per heavy atom. The fourth-order valence-corrected chi connectivity index (χ4v) is 3.52. The quantitative estimate of drug-likeness (QED) is 0.849. The summed E-state index contributed by atoms with van der Waals surface area (Å²) in [5.74, 6) is 0. The number of hydrogen-bond donors (Lipinski definition) is 1. The molecule has 0 aliphatic carbocycles. The molecule has 118 valence electrons. The first-order valence-corrected chi connectivity index (χ1v) is 8.64. The van der Waals surface area contributed by atoms with Crippen LogP contribution in [0, 0.1) is 0 Å². The predicted molar refractivity (Wildman–Crippen MR) is 91.8 cm³/mol. The van der Waals surface area contributed by atoms with Gasteiger partial charge in [-0.05, 0) is 44.5 Å². The maximum absolute atomic E-state index is 5.52. The van der Waals surface area contributed by atoms with E-state index in [2.05, 4.69) is 71.3 Å². The van der Waals surface area contributed by atoms with Crippen LogP contribution in [0.15, 0.2) is 28.7 Å². The van der Waals surface area contributed by atoms with Crippen LogP contribution >= 0.6 is 15.9 Å². The van der Waals surface area contributed by atoms with Crippen molar-refractivity contribution >= 4 is 15.9 Å². The summed E-state index contributed by atoms with van der Waals surface area (Å²) in [7, 11) is 2.08. The first-order valence-electron chi connectivity index (χ1n) is 7.84. The molecule has 0 aromatic heterocycles. The molecular formula is C17H27BrN2O. The van der Waals surface area contributed by atoms with Crippen LogP contribution in [0.1, 0.15) is 25.8 Å². The molecule has 1 saturated heterocycles. The molecular weight excluding hydrogens is 328 g/mol. The Balaban J connectivity index is 2.13. The second-order valence-corrected chi connectivity index (χ2v) is 6.90. The lowest BCUT2D eigenvalue weighted by atomic mass is 9.83. The molecule has 0 spiro atoms. The van der Waals surface area contributed by atoms with Gasteiger partial charge >= 0.3 is 0 Å². The summed E-state index contributed by atoms with van der Waals surface area (Å²) in [6, 6.07) is 9.11. The summed E-state index contributed by atoms with van der Waals surface area (Å²) in [6.45, 7) is 8.44. The number of nitrogens with one attached hydrogen (secondary N) is 1. The SMILES string of the molecule is CCC(C)(C(Cc1ccc(Br)cc1)NC)N1CCOCC1. The second-order valence-electron chi connectivity index (χ2n) is 5.98. The lowest BCUT2D eigenvalue weighted by Crippen LogP contribution is -2.61. The van der Waals surface area contributed by atoms with Crippen molar-refractivity contribution in [1.82, 2.24) is 10.2 Å².